The number of aliphatic hydroxyl groups is 1. The summed E-state index contributed by atoms with van der Waals surface area (Å²) < 4.78 is 10.9. The second-order valence-electron chi connectivity index (χ2n) is 6.07. The first kappa shape index (κ1) is 21.1. The fourth-order valence-corrected chi connectivity index (χ4v) is 3.43. The lowest BCUT2D eigenvalue weighted by molar-refractivity contribution is -0.119. The Balaban J connectivity index is 1.83. The zero-order chi connectivity index (χ0) is 19.6. The smallest absolute Gasteiger partial charge is 0.230 e. The number of methoxy groups -OCH3 is 1. The minimum absolute atomic E-state index is 0.0689. The van der Waals surface area contributed by atoms with E-state index in [0.29, 0.717) is 29.6 Å². The van der Waals surface area contributed by atoms with Gasteiger partial charge in [0.1, 0.15) is 0 Å². The van der Waals surface area contributed by atoms with Crippen molar-refractivity contribution >= 4 is 17.7 Å². The number of hydrogen-bond donors (Lipinski definition) is 2. The van der Waals surface area contributed by atoms with Crippen LogP contribution in [0, 0.1) is 0 Å². The van der Waals surface area contributed by atoms with Crippen LogP contribution >= 0.6 is 11.8 Å². The van der Waals surface area contributed by atoms with Gasteiger partial charge in [-0.25, -0.2) is 0 Å². The molecule has 0 aliphatic heterocycles. The van der Waals surface area contributed by atoms with Crippen molar-refractivity contribution in [2.75, 3.05) is 25.2 Å². The second kappa shape index (κ2) is 10.8. The molecule has 5 nitrogen and oxygen atoms in total. The molecule has 146 valence electrons. The fraction of sp³-hybridized carbons (Fsp3) is 0.381. The van der Waals surface area contributed by atoms with Gasteiger partial charge in [0, 0.05) is 5.75 Å². The highest BCUT2D eigenvalue weighted by Gasteiger charge is 2.14. The summed E-state index contributed by atoms with van der Waals surface area (Å²) in [7, 11) is 1.60. The van der Waals surface area contributed by atoms with Crippen LogP contribution in [0.5, 0.6) is 11.5 Å². The van der Waals surface area contributed by atoms with Crippen LogP contribution in [0.3, 0.4) is 0 Å². The number of carbonyl (C=O) groups is 1. The Bertz CT molecular complexity index is 723. The number of benzene rings is 2. The number of thioether (sulfide) groups is 1. The molecule has 0 fully saturated rings. The minimum Gasteiger partial charge on any atom is -0.493 e. The molecular formula is C21H27NO4S. The topological polar surface area (TPSA) is 67.8 Å². The van der Waals surface area contributed by atoms with Gasteiger partial charge in [-0.3, -0.25) is 4.79 Å². The van der Waals surface area contributed by atoms with E-state index in [4.69, 9.17) is 9.47 Å². The molecule has 0 aliphatic carbocycles. The van der Waals surface area contributed by atoms with Gasteiger partial charge in [-0.05, 0) is 37.1 Å². The van der Waals surface area contributed by atoms with Crippen molar-refractivity contribution in [2.24, 2.45) is 0 Å². The van der Waals surface area contributed by atoms with Crippen molar-refractivity contribution in [3.8, 4) is 11.5 Å². The van der Waals surface area contributed by atoms with Crippen LogP contribution in [0.1, 0.15) is 37.1 Å². The first-order valence-corrected chi connectivity index (χ1v) is 10.1. The molecular weight excluding hydrogens is 362 g/mol. The number of nitrogens with one attached hydrogen (secondary N) is 1. The van der Waals surface area contributed by atoms with E-state index in [2.05, 4.69) is 5.32 Å². The Kier molecular flexibility index (Phi) is 8.48. The van der Waals surface area contributed by atoms with E-state index in [-0.39, 0.29) is 11.9 Å². The number of rotatable bonds is 10. The molecule has 6 heteroatoms. The highest BCUT2D eigenvalue weighted by molar-refractivity contribution is 7.99. The lowest BCUT2D eigenvalue weighted by atomic mass is 10.1. The van der Waals surface area contributed by atoms with Crippen molar-refractivity contribution in [3.05, 3.63) is 59.7 Å². The average Bonchev–Trinajstić information content (AvgIpc) is 2.69. The van der Waals surface area contributed by atoms with Gasteiger partial charge >= 0.3 is 0 Å². The van der Waals surface area contributed by atoms with Gasteiger partial charge in [-0.15, -0.1) is 11.8 Å². The SMILES string of the molecule is CCOc1ccc(C(C)NC(=O)CSCC(O)c2ccccc2)cc1OC. The average molecular weight is 390 g/mol. The summed E-state index contributed by atoms with van der Waals surface area (Å²) in [5, 5.41) is 13.1. The van der Waals surface area contributed by atoms with Gasteiger partial charge in [0.15, 0.2) is 11.5 Å². The van der Waals surface area contributed by atoms with Crippen LogP contribution in [0.4, 0.5) is 0 Å². The summed E-state index contributed by atoms with van der Waals surface area (Å²) in [6.45, 7) is 4.41. The maximum atomic E-state index is 12.2. The zero-order valence-electron chi connectivity index (χ0n) is 16.0. The van der Waals surface area contributed by atoms with E-state index in [1.807, 2.05) is 62.4 Å². The maximum Gasteiger partial charge on any atom is 0.230 e. The van der Waals surface area contributed by atoms with E-state index >= 15 is 0 Å². The highest BCUT2D eigenvalue weighted by atomic mass is 32.2. The standard InChI is InChI=1S/C21H27NO4S/c1-4-26-19-11-10-17(12-20(19)25-3)15(2)22-21(24)14-27-13-18(23)16-8-6-5-7-9-16/h5-12,15,18,23H,4,13-14H2,1-3H3,(H,22,24). The van der Waals surface area contributed by atoms with Crippen molar-refractivity contribution in [1.82, 2.24) is 5.32 Å². The molecule has 0 saturated heterocycles. The Morgan fingerprint density at radius 3 is 2.56 bits per heavy atom. The van der Waals surface area contributed by atoms with E-state index in [9.17, 15) is 9.90 Å². The Morgan fingerprint density at radius 2 is 1.89 bits per heavy atom. The van der Waals surface area contributed by atoms with Crippen molar-refractivity contribution in [3.63, 3.8) is 0 Å². The summed E-state index contributed by atoms with van der Waals surface area (Å²) in [4.78, 5) is 12.2. The number of hydrogen-bond acceptors (Lipinski definition) is 5. The van der Waals surface area contributed by atoms with Gasteiger partial charge in [0.2, 0.25) is 5.91 Å². The predicted octanol–water partition coefficient (Wildman–Crippen LogP) is 3.74. The summed E-state index contributed by atoms with van der Waals surface area (Å²) >= 11 is 1.41. The number of carbonyl (C=O) groups excluding carboxylic acids is 1. The summed E-state index contributed by atoms with van der Waals surface area (Å²) in [5.74, 6) is 2.04. The highest BCUT2D eigenvalue weighted by Crippen LogP contribution is 2.30. The first-order chi connectivity index (χ1) is 13.0. The summed E-state index contributed by atoms with van der Waals surface area (Å²) in [5.41, 5.74) is 1.80. The van der Waals surface area contributed by atoms with Crippen molar-refractivity contribution in [1.29, 1.82) is 0 Å². The van der Waals surface area contributed by atoms with Crippen LogP contribution in [0.25, 0.3) is 0 Å². The van der Waals surface area contributed by atoms with Crippen molar-refractivity contribution < 1.29 is 19.4 Å². The molecule has 2 aromatic carbocycles. The minimum atomic E-state index is -0.572. The molecule has 0 radical (unpaired) electrons. The quantitative estimate of drug-likeness (QED) is 0.648. The first-order valence-electron chi connectivity index (χ1n) is 8.96. The van der Waals surface area contributed by atoms with E-state index < -0.39 is 6.10 Å². The number of amides is 1. The van der Waals surface area contributed by atoms with E-state index in [0.717, 1.165) is 11.1 Å². The molecule has 0 bridgehead atoms. The van der Waals surface area contributed by atoms with E-state index in [1.54, 1.807) is 7.11 Å². The molecule has 0 heterocycles. The normalized spacial score (nSPS) is 12.9. The molecule has 27 heavy (non-hydrogen) atoms. The van der Waals surface area contributed by atoms with Crippen LogP contribution in [-0.4, -0.2) is 36.2 Å². The second-order valence-corrected chi connectivity index (χ2v) is 7.10. The molecule has 0 spiro atoms. The number of aliphatic hydroxyl groups excluding tert-OH is 1. The van der Waals surface area contributed by atoms with Gasteiger partial charge in [-0.2, -0.15) is 0 Å². The third kappa shape index (κ3) is 6.48. The predicted molar refractivity (Wildman–Crippen MR) is 109 cm³/mol. The maximum absolute atomic E-state index is 12.2. The number of ether oxygens (including phenoxy) is 2. The molecule has 2 N–H and O–H groups in total. The van der Waals surface area contributed by atoms with Crippen LogP contribution in [0.15, 0.2) is 48.5 Å². The monoisotopic (exact) mass is 389 g/mol. The summed E-state index contributed by atoms with van der Waals surface area (Å²) in [6, 6.07) is 15.0. The Morgan fingerprint density at radius 1 is 1.15 bits per heavy atom. The molecule has 1 amide bonds. The fourth-order valence-electron chi connectivity index (χ4n) is 2.63. The molecule has 0 aliphatic rings. The van der Waals surface area contributed by atoms with Crippen LogP contribution in [0.2, 0.25) is 0 Å². The van der Waals surface area contributed by atoms with Gasteiger partial charge in [0.25, 0.3) is 0 Å². The van der Waals surface area contributed by atoms with Crippen LogP contribution in [-0.2, 0) is 4.79 Å². The summed E-state index contributed by atoms with van der Waals surface area (Å²) in [6.07, 6.45) is -0.572. The van der Waals surface area contributed by atoms with Crippen LogP contribution < -0.4 is 14.8 Å². The molecule has 2 rings (SSSR count). The Hall–Kier alpha value is -2.18. The Labute approximate surface area is 165 Å². The lowest BCUT2D eigenvalue weighted by Crippen LogP contribution is -2.28. The van der Waals surface area contributed by atoms with E-state index in [1.165, 1.54) is 11.8 Å². The van der Waals surface area contributed by atoms with Gasteiger partial charge in [-0.1, -0.05) is 36.4 Å². The largest absolute Gasteiger partial charge is 0.493 e. The molecule has 2 atom stereocenters. The lowest BCUT2D eigenvalue weighted by Gasteiger charge is -2.17. The van der Waals surface area contributed by atoms with Gasteiger partial charge in [0.05, 0.1) is 31.6 Å². The molecule has 2 aromatic rings. The third-order valence-corrected chi connectivity index (χ3v) is 5.08. The zero-order valence-corrected chi connectivity index (χ0v) is 16.8. The molecule has 2 unspecified atom stereocenters. The molecule has 0 saturated carbocycles. The molecule has 0 aromatic heterocycles. The third-order valence-electron chi connectivity index (χ3n) is 4.06. The van der Waals surface area contributed by atoms with Crippen molar-refractivity contribution in [2.45, 2.75) is 26.0 Å². The van der Waals surface area contributed by atoms with Gasteiger partial charge < -0.3 is 19.9 Å².